The van der Waals surface area contributed by atoms with Crippen LogP contribution in [0.4, 0.5) is 0 Å². The Morgan fingerprint density at radius 3 is 2.83 bits per heavy atom. The highest BCUT2D eigenvalue weighted by Crippen LogP contribution is 2.47. The second-order valence-electron chi connectivity index (χ2n) is 7.91. The third kappa shape index (κ3) is 3.66. The molecule has 4 rings (SSSR count). The van der Waals surface area contributed by atoms with Gasteiger partial charge in [-0.15, -0.1) is 0 Å². The zero-order valence-electron chi connectivity index (χ0n) is 17.2. The molecule has 29 heavy (non-hydrogen) atoms. The number of carbonyl (C=O) groups excluding carboxylic acids is 2. The Labute approximate surface area is 171 Å². The van der Waals surface area contributed by atoms with E-state index in [1.165, 1.54) is 0 Å². The summed E-state index contributed by atoms with van der Waals surface area (Å²) < 4.78 is 17.0. The first kappa shape index (κ1) is 20.0. The number of ether oxygens (including phenoxy) is 3. The summed E-state index contributed by atoms with van der Waals surface area (Å²) in [5.74, 6) is 0.780. The predicted octanol–water partition coefficient (Wildman–Crippen LogP) is 3.42. The van der Waals surface area contributed by atoms with Gasteiger partial charge < -0.3 is 19.1 Å². The van der Waals surface area contributed by atoms with Crippen LogP contribution in [0, 0.1) is 5.92 Å². The highest BCUT2D eigenvalue weighted by Gasteiger charge is 2.51. The molecule has 0 N–H and O–H groups in total. The van der Waals surface area contributed by atoms with E-state index in [4.69, 9.17) is 14.2 Å². The Hall–Kier alpha value is -2.34. The van der Waals surface area contributed by atoms with Gasteiger partial charge in [-0.25, -0.2) is 0 Å². The molecule has 3 unspecified atom stereocenters. The molecule has 2 heterocycles. The monoisotopic (exact) mass is 399 g/mol. The van der Waals surface area contributed by atoms with Gasteiger partial charge in [0.05, 0.1) is 24.1 Å². The van der Waals surface area contributed by atoms with Crippen molar-refractivity contribution >= 4 is 11.7 Å². The number of rotatable bonds is 7. The molecule has 0 bridgehead atoms. The van der Waals surface area contributed by atoms with Gasteiger partial charge in [0.1, 0.15) is 11.9 Å². The Morgan fingerprint density at radius 1 is 1.21 bits per heavy atom. The van der Waals surface area contributed by atoms with E-state index < -0.39 is 6.04 Å². The van der Waals surface area contributed by atoms with Crippen LogP contribution in [0.25, 0.3) is 0 Å². The number of methoxy groups -OCH3 is 1. The topological polar surface area (TPSA) is 65.1 Å². The van der Waals surface area contributed by atoms with Crippen molar-refractivity contribution in [3.05, 3.63) is 41.2 Å². The smallest absolute Gasteiger partial charge is 0.290 e. The summed E-state index contributed by atoms with van der Waals surface area (Å²) >= 11 is 0. The van der Waals surface area contributed by atoms with Crippen LogP contribution in [0.1, 0.15) is 50.6 Å². The number of fused-ring (bicyclic) bond motifs is 1. The molecular formula is C23H29NO5. The van der Waals surface area contributed by atoms with Crippen molar-refractivity contribution in [2.45, 2.75) is 51.2 Å². The maximum atomic E-state index is 13.5. The molecule has 0 spiro atoms. The van der Waals surface area contributed by atoms with Gasteiger partial charge in [-0.1, -0.05) is 18.6 Å². The molecule has 0 aromatic heterocycles. The number of nitrogens with zero attached hydrogens (tertiary/aromatic N) is 1. The van der Waals surface area contributed by atoms with Gasteiger partial charge in [0.25, 0.3) is 5.91 Å². The van der Waals surface area contributed by atoms with Crippen LogP contribution in [0.2, 0.25) is 0 Å². The number of hydrogen-bond donors (Lipinski definition) is 0. The van der Waals surface area contributed by atoms with Gasteiger partial charge in [0, 0.05) is 20.3 Å². The van der Waals surface area contributed by atoms with Crippen LogP contribution in [-0.4, -0.2) is 49.6 Å². The van der Waals surface area contributed by atoms with E-state index in [-0.39, 0.29) is 29.5 Å². The molecule has 1 fully saturated rings. The highest BCUT2D eigenvalue weighted by molar-refractivity contribution is 6.11. The molecule has 3 aliphatic rings. The SMILES string of the molecule is CCOc1cccc(C2C3=C(OC4CCCCC4C3=O)C(=O)N2CCCOC)c1. The first-order chi connectivity index (χ1) is 14.2. The van der Waals surface area contributed by atoms with Crippen LogP contribution in [0.15, 0.2) is 35.6 Å². The minimum Gasteiger partial charge on any atom is -0.494 e. The number of ketones is 1. The number of Topliss-reactive ketones (excluding diaryl/α,β-unsaturated/α-hetero) is 1. The Morgan fingerprint density at radius 2 is 2.03 bits per heavy atom. The minimum atomic E-state index is -0.426. The standard InChI is InChI=1S/C23H29NO5/c1-3-28-16-9-6-8-15(14-16)20-19-21(25)17-10-4-5-11-18(17)29-22(19)23(26)24(20)12-7-13-27-2/h6,8-9,14,17-18,20H,3-5,7,10-13H2,1-2H3. The van der Waals surface area contributed by atoms with Gasteiger partial charge in [-0.05, 0) is 50.3 Å². The summed E-state index contributed by atoms with van der Waals surface area (Å²) in [7, 11) is 1.65. The van der Waals surface area contributed by atoms with E-state index in [1.807, 2.05) is 31.2 Å². The van der Waals surface area contributed by atoms with Crippen molar-refractivity contribution in [1.82, 2.24) is 4.90 Å². The summed E-state index contributed by atoms with van der Waals surface area (Å²) in [6.45, 7) is 3.56. The van der Waals surface area contributed by atoms with Gasteiger partial charge in [0.2, 0.25) is 0 Å². The van der Waals surface area contributed by atoms with E-state index in [2.05, 4.69) is 0 Å². The Balaban J connectivity index is 1.73. The molecule has 1 aromatic rings. The van der Waals surface area contributed by atoms with E-state index >= 15 is 0 Å². The van der Waals surface area contributed by atoms with Crippen molar-refractivity contribution in [2.75, 3.05) is 26.9 Å². The second-order valence-corrected chi connectivity index (χ2v) is 7.91. The molecule has 1 saturated carbocycles. The van der Waals surface area contributed by atoms with Crippen molar-refractivity contribution in [1.29, 1.82) is 0 Å². The summed E-state index contributed by atoms with van der Waals surface area (Å²) in [6.07, 6.45) is 4.30. The summed E-state index contributed by atoms with van der Waals surface area (Å²) in [5, 5.41) is 0. The van der Waals surface area contributed by atoms with E-state index in [1.54, 1.807) is 12.0 Å². The number of carbonyl (C=O) groups is 2. The van der Waals surface area contributed by atoms with Gasteiger partial charge in [-0.3, -0.25) is 9.59 Å². The summed E-state index contributed by atoms with van der Waals surface area (Å²) in [6, 6.07) is 7.27. The average Bonchev–Trinajstić information content (AvgIpc) is 3.01. The fourth-order valence-electron chi connectivity index (χ4n) is 4.79. The lowest BCUT2D eigenvalue weighted by Gasteiger charge is -2.35. The van der Waals surface area contributed by atoms with Crippen molar-refractivity contribution in [2.24, 2.45) is 5.92 Å². The maximum absolute atomic E-state index is 13.5. The molecule has 0 saturated heterocycles. The zero-order valence-corrected chi connectivity index (χ0v) is 17.2. The largest absolute Gasteiger partial charge is 0.494 e. The van der Waals surface area contributed by atoms with Gasteiger partial charge in [-0.2, -0.15) is 0 Å². The second kappa shape index (κ2) is 8.57. The highest BCUT2D eigenvalue weighted by atomic mass is 16.5. The predicted molar refractivity (Wildman–Crippen MR) is 107 cm³/mol. The Kier molecular flexibility index (Phi) is 5.90. The molecule has 1 aliphatic carbocycles. The van der Waals surface area contributed by atoms with Crippen LogP contribution in [0.3, 0.4) is 0 Å². The molecule has 6 nitrogen and oxygen atoms in total. The number of amides is 1. The van der Waals surface area contributed by atoms with E-state index in [0.717, 1.165) is 37.0 Å². The van der Waals surface area contributed by atoms with Crippen molar-refractivity contribution in [3.8, 4) is 5.75 Å². The molecular weight excluding hydrogens is 370 g/mol. The molecule has 6 heteroatoms. The Bertz CT molecular complexity index is 817. The van der Waals surface area contributed by atoms with Gasteiger partial charge in [0.15, 0.2) is 11.5 Å². The van der Waals surface area contributed by atoms with E-state index in [9.17, 15) is 9.59 Å². The van der Waals surface area contributed by atoms with Crippen LogP contribution < -0.4 is 4.74 Å². The average molecular weight is 399 g/mol. The van der Waals surface area contributed by atoms with E-state index in [0.29, 0.717) is 31.8 Å². The van der Waals surface area contributed by atoms with Crippen molar-refractivity contribution < 1.29 is 23.8 Å². The number of hydrogen-bond acceptors (Lipinski definition) is 5. The molecule has 3 atom stereocenters. The summed E-state index contributed by atoms with van der Waals surface area (Å²) in [5.41, 5.74) is 1.42. The lowest BCUT2D eigenvalue weighted by Crippen LogP contribution is -2.39. The third-order valence-corrected chi connectivity index (χ3v) is 6.09. The third-order valence-electron chi connectivity index (χ3n) is 6.09. The molecule has 1 aromatic carbocycles. The number of benzene rings is 1. The molecule has 1 amide bonds. The first-order valence-electron chi connectivity index (χ1n) is 10.6. The quantitative estimate of drug-likeness (QED) is 0.658. The molecule has 2 aliphatic heterocycles. The normalized spacial score (nSPS) is 26.3. The molecule has 156 valence electrons. The lowest BCUT2D eigenvalue weighted by atomic mass is 9.77. The van der Waals surface area contributed by atoms with Crippen LogP contribution in [-0.2, 0) is 19.1 Å². The maximum Gasteiger partial charge on any atom is 0.290 e. The fourth-order valence-corrected chi connectivity index (χ4v) is 4.79. The van der Waals surface area contributed by atoms with Crippen molar-refractivity contribution in [3.63, 3.8) is 0 Å². The summed E-state index contributed by atoms with van der Waals surface area (Å²) in [4.78, 5) is 28.5. The first-order valence-corrected chi connectivity index (χ1v) is 10.6. The minimum absolute atomic E-state index is 0.0883. The van der Waals surface area contributed by atoms with Crippen LogP contribution in [0.5, 0.6) is 5.75 Å². The fraction of sp³-hybridized carbons (Fsp3) is 0.565. The van der Waals surface area contributed by atoms with Crippen LogP contribution >= 0.6 is 0 Å². The lowest BCUT2D eigenvalue weighted by molar-refractivity contribution is -0.135. The zero-order chi connectivity index (χ0) is 20.4. The van der Waals surface area contributed by atoms with Gasteiger partial charge >= 0.3 is 0 Å². The molecule has 0 radical (unpaired) electrons.